The van der Waals surface area contributed by atoms with Crippen molar-refractivity contribution in [2.24, 2.45) is 0 Å². The minimum absolute atomic E-state index is 0.295. The van der Waals surface area contributed by atoms with Gasteiger partial charge >= 0.3 is 0 Å². The molecule has 0 atom stereocenters. The third kappa shape index (κ3) is 6.49. The van der Waals surface area contributed by atoms with E-state index in [9.17, 15) is 0 Å². The highest BCUT2D eigenvalue weighted by molar-refractivity contribution is 4.70. The van der Waals surface area contributed by atoms with Crippen molar-refractivity contribution in [2.45, 2.75) is 78.4 Å². The molecule has 0 unspecified atom stereocenters. The van der Waals surface area contributed by atoms with Gasteiger partial charge in [-0.25, -0.2) is 0 Å². The first-order valence-corrected chi connectivity index (χ1v) is 7.02. The Balaban J connectivity index is 4.32. The van der Waals surface area contributed by atoms with Crippen molar-refractivity contribution in [3.8, 4) is 0 Å². The van der Waals surface area contributed by atoms with Crippen LogP contribution in [0.1, 0.15) is 72.6 Å². The van der Waals surface area contributed by atoms with Crippen molar-refractivity contribution >= 4 is 0 Å². The van der Waals surface area contributed by atoms with Gasteiger partial charge in [0, 0.05) is 26.1 Å². The lowest BCUT2D eigenvalue weighted by atomic mass is 10.0. The molecule has 0 aliphatic carbocycles. The van der Waals surface area contributed by atoms with Gasteiger partial charge in [-0.3, -0.25) is 0 Å². The maximum atomic E-state index is 6.00. The standard InChI is InChI=1S/C14H30O2/c1-5-9-11-14(10-6-2,15-12-7-3)16-13-8-4/h5-13H2,1-4H3. The summed E-state index contributed by atoms with van der Waals surface area (Å²) in [7, 11) is 0. The van der Waals surface area contributed by atoms with Crippen molar-refractivity contribution in [2.75, 3.05) is 13.2 Å². The van der Waals surface area contributed by atoms with Gasteiger partial charge in [-0.1, -0.05) is 40.5 Å². The summed E-state index contributed by atoms with van der Waals surface area (Å²) < 4.78 is 12.0. The summed E-state index contributed by atoms with van der Waals surface area (Å²) in [6.07, 6.45) is 7.70. The SMILES string of the molecule is CCCCC(CCC)(OCCC)OCCC. The molecule has 16 heavy (non-hydrogen) atoms. The molecule has 0 aromatic heterocycles. The molecule has 0 amide bonds. The van der Waals surface area contributed by atoms with E-state index in [4.69, 9.17) is 9.47 Å². The van der Waals surface area contributed by atoms with Gasteiger partial charge in [-0.15, -0.1) is 0 Å². The molecule has 0 radical (unpaired) electrons. The molecule has 0 bridgehead atoms. The maximum Gasteiger partial charge on any atom is 0.168 e. The lowest BCUT2D eigenvalue weighted by Gasteiger charge is -2.34. The predicted molar refractivity (Wildman–Crippen MR) is 69.7 cm³/mol. The quantitative estimate of drug-likeness (QED) is 0.486. The third-order valence-corrected chi connectivity index (χ3v) is 2.68. The van der Waals surface area contributed by atoms with Crippen molar-refractivity contribution in [1.29, 1.82) is 0 Å². The zero-order chi connectivity index (χ0) is 12.3. The normalized spacial score (nSPS) is 12.0. The molecule has 98 valence electrons. The van der Waals surface area contributed by atoms with Gasteiger partial charge in [0.15, 0.2) is 5.79 Å². The van der Waals surface area contributed by atoms with Crippen LogP contribution in [0.5, 0.6) is 0 Å². The third-order valence-electron chi connectivity index (χ3n) is 2.68. The molecule has 0 aromatic carbocycles. The Morgan fingerprint density at radius 1 is 0.688 bits per heavy atom. The highest BCUT2D eigenvalue weighted by Gasteiger charge is 2.29. The van der Waals surface area contributed by atoms with Crippen LogP contribution in [0.4, 0.5) is 0 Å². The van der Waals surface area contributed by atoms with Crippen LogP contribution >= 0.6 is 0 Å². The molecule has 0 N–H and O–H groups in total. The average Bonchev–Trinajstić information content (AvgIpc) is 2.31. The Morgan fingerprint density at radius 2 is 1.25 bits per heavy atom. The molecule has 0 rings (SSSR count). The lowest BCUT2D eigenvalue weighted by Crippen LogP contribution is -2.36. The van der Waals surface area contributed by atoms with E-state index in [0.29, 0.717) is 0 Å². The first-order chi connectivity index (χ1) is 7.74. The maximum absolute atomic E-state index is 6.00. The van der Waals surface area contributed by atoms with Gasteiger partial charge < -0.3 is 9.47 Å². The molecule has 0 heterocycles. The second-order valence-electron chi connectivity index (χ2n) is 4.46. The Labute approximate surface area is 102 Å². The van der Waals surface area contributed by atoms with Crippen LogP contribution in [0, 0.1) is 0 Å². The Hall–Kier alpha value is -0.0800. The van der Waals surface area contributed by atoms with Crippen molar-refractivity contribution in [3.63, 3.8) is 0 Å². The summed E-state index contributed by atoms with van der Waals surface area (Å²) >= 11 is 0. The van der Waals surface area contributed by atoms with Gasteiger partial charge in [0.05, 0.1) is 0 Å². The van der Waals surface area contributed by atoms with E-state index in [1.807, 2.05) is 0 Å². The minimum atomic E-state index is -0.295. The lowest BCUT2D eigenvalue weighted by molar-refractivity contribution is -0.245. The van der Waals surface area contributed by atoms with Crippen molar-refractivity contribution in [1.82, 2.24) is 0 Å². The fourth-order valence-corrected chi connectivity index (χ4v) is 1.86. The summed E-state index contributed by atoms with van der Waals surface area (Å²) in [5, 5.41) is 0. The topological polar surface area (TPSA) is 18.5 Å². The number of unbranched alkanes of at least 4 members (excludes halogenated alkanes) is 1. The summed E-state index contributed by atoms with van der Waals surface area (Å²) in [6.45, 7) is 10.3. The molecule has 0 saturated carbocycles. The largest absolute Gasteiger partial charge is 0.350 e. The summed E-state index contributed by atoms with van der Waals surface area (Å²) in [5.74, 6) is -0.295. The molecular weight excluding hydrogens is 200 g/mol. The first kappa shape index (κ1) is 15.9. The van der Waals surface area contributed by atoms with Crippen LogP contribution in [0.2, 0.25) is 0 Å². The predicted octanol–water partition coefficient (Wildman–Crippen LogP) is 4.53. The van der Waals surface area contributed by atoms with E-state index >= 15 is 0 Å². The van der Waals surface area contributed by atoms with Gasteiger partial charge in [-0.2, -0.15) is 0 Å². The Morgan fingerprint density at radius 3 is 1.62 bits per heavy atom. The zero-order valence-corrected chi connectivity index (χ0v) is 11.7. The summed E-state index contributed by atoms with van der Waals surface area (Å²) in [5.41, 5.74) is 0. The second kappa shape index (κ2) is 10.1. The summed E-state index contributed by atoms with van der Waals surface area (Å²) in [4.78, 5) is 0. The smallest absolute Gasteiger partial charge is 0.168 e. The number of hydrogen-bond donors (Lipinski definition) is 0. The van der Waals surface area contributed by atoms with Crippen LogP contribution in [0.3, 0.4) is 0 Å². The van der Waals surface area contributed by atoms with Gasteiger partial charge in [-0.05, 0) is 19.3 Å². The minimum Gasteiger partial charge on any atom is -0.350 e. The first-order valence-electron chi connectivity index (χ1n) is 7.02. The Kier molecular flexibility index (Phi) is 10.0. The molecule has 0 aromatic rings. The zero-order valence-electron chi connectivity index (χ0n) is 11.7. The van der Waals surface area contributed by atoms with Crippen LogP contribution in [0.15, 0.2) is 0 Å². The van der Waals surface area contributed by atoms with E-state index in [2.05, 4.69) is 27.7 Å². The van der Waals surface area contributed by atoms with Crippen molar-refractivity contribution in [3.05, 3.63) is 0 Å². The molecule has 2 nitrogen and oxygen atoms in total. The highest BCUT2D eigenvalue weighted by atomic mass is 16.7. The van der Waals surface area contributed by atoms with E-state index in [0.717, 1.165) is 45.3 Å². The van der Waals surface area contributed by atoms with Gasteiger partial charge in [0.2, 0.25) is 0 Å². The van der Waals surface area contributed by atoms with Crippen LogP contribution in [-0.4, -0.2) is 19.0 Å². The Bertz CT molecular complexity index is 124. The highest BCUT2D eigenvalue weighted by Crippen LogP contribution is 2.27. The van der Waals surface area contributed by atoms with E-state index in [-0.39, 0.29) is 5.79 Å². The molecular formula is C14H30O2. The van der Waals surface area contributed by atoms with Crippen LogP contribution < -0.4 is 0 Å². The molecule has 2 heteroatoms. The number of ether oxygens (including phenoxy) is 2. The fraction of sp³-hybridized carbons (Fsp3) is 1.00. The number of rotatable bonds is 11. The fourth-order valence-electron chi connectivity index (χ4n) is 1.86. The molecule has 0 spiro atoms. The van der Waals surface area contributed by atoms with E-state index < -0.39 is 0 Å². The van der Waals surface area contributed by atoms with E-state index in [1.165, 1.54) is 12.8 Å². The molecule has 0 aliphatic rings. The van der Waals surface area contributed by atoms with Gasteiger partial charge in [0.1, 0.15) is 0 Å². The number of hydrogen-bond acceptors (Lipinski definition) is 2. The summed E-state index contributed by atoms with van der Waals surface area (Å²) in [6, 6.07) is 0. The molecule has 0 fully saturated rings. The second-order valence-corrected chi connectivity index (χ2v) is 4.46. The molecule has 0 aliphatic heterocycles. The monoisotopic (exact) mass is 230 g/mol. The van der Waals surface area contributed by atoms with Crippen LogP contribution in [-0.2, 0) is 9.47 Å². The molecule has 0 saturated heterocycles. The average molecular weight is 230 g/mol. The van der Waals surface area contributed by atoms with Crippen molar-refractivity contribution < 1.29 is 9.47 Å². The van der Waals surface area contributed by atoms with Gasteiger partial charge in [0.25, 0.3) is 0 Å². The van der Waals surface area contributed by atoms with Crippen LogP contribution in [0.25, 0.3) is 0 Å². The van der Waals surface area contributed by atoms with E-state index in [1.54, 1.807) is 0 Å².